The van der Waals surface area contributed by atoms with Gasteiger partial charge < -0.3 is 19.1 Å². The van der Waals surface area contributed by atoms with E-state index in [1.54, 1.807) is 16.2 Å². The highest BCUT2D eigenvalue weighted by Crippen LogP contribution is 2.30. The second-order valence-corrected chi connectivity index (χ2v) is 8.68. The molecule has 4 aromatic rings. The lowest BCUT2D eigenvalue weighted by molar-refractivity contribution is -0.567. The average molecular weight is 449 g/mol. The Morgan fingerprint density at radius 3 is 2.67 bits per heavy atom. The third-order valence-electron chi connectivity index (χ3n) is 6.40. The molecule has 1 N–H and O–H groups in total. The number of aryl methyl sites for hydroxylation is 2. The molecule has 0 bridgehead atoms. The van der Waals surface area contributed by atoms with Gasteiger partial charge in [-0.15, -0.1) is 4.52 Å². The van der Waals surface area contributed by atoms with Crippen molar-refractivity contribution in [2.75, 3.05) is 46.9 Å². The van der Waals surface area contributed by atoms with E-state index in [1.807, 2.05) is 43.5 Å². The molecular formula is C24H30N7O2+. The van der Waals surface area contributed by atoms with Crippen molar-refractivity contribution >= 4 is 16.7 Å². The molecule has 1 saturated heterocycles. The van der Waals surface area contributed by atoms with Gasteiger partial charge in [0.2, 0.25) is 5.82 Å². The lowest BCUT2D eigenvalue weighted by Gasteiger charge is -2.32. The molecule has 9 heteroatoms. The minimum absolute atomic E-state index is 0.0547. The van der Waals surface area contributed by atoms with Crippen molar-refractivity contribution in [1.82, 2.24) is 29.4 Å². The summed E-state index contributed by atoms with van der Waals surface area (Å²) in [4.78, 5) is 27.7. The first-order valence-electron chi connectivity index (χ1n) is 11.4. The van der Waals surface area contributed by atoms with Crippen molar-refractivity contribution in [2.45, 2.75) is 19.9 Å². The summed E-state index contributed by atoms with van der Waals surface area (Å²) in [7, 11) is 3.80. The standard InChI is InChI=1S/C24H29N7O2/c1-17-25-24-26-19-9-12-30(11-6-10-29-15-13-28(2)14-16-29)23(32)21(19)22(31(24)27-17)18-7-4-5-8-20(18)33-3/h4-5,7-9,12H,6,10-11,13-16H2,1-3H3/p+1. The van der Waals surface area contributed by atoms with Crippen molar-refractivity contribution in [2.24, 2.45) is 0 Å². The average Bonchev–Trinajstić information content (AvgIpc) is 3.20. The number of hydrogen-bond acceptors (Lipinski definition) is 6. The number of fused-ring (bicyclic) bond motifs is 2. The van der Waals surface area contributed by atoms with Crippen LogP contribution in [-0.4, -0.2) is 76.3 Å². The number of pyridine rings is 1. The Bertz CT molecular complexity index is 1350. The van der Waals surface area contributed by atoms with Crippen LogP contribution in [0.4, 0.5) is 0 Å². The van der Waals surface area contributed by atoms with Crippen molar-refractivity contribution in [1.29, 1.82) is 0 Å². The third-order valence-corrected chi connectivity index (χ3v) is 6.40. The molecule has 0 aliphatic carbocycles. The van der Waals surface area contributed by atoms with Gasteiger partial charge in [0.05, 0.1) is 12.7 Å². The Morgan fingerprint density at radius 1 is 1.09 bits per heavy atom. The van der Waals surface area contributed by atoms with Crippen molar-refractivity contribution in [3.05, 3.63) is 52.7 Å². The van der Waals surface area contributed by atoms with E-state index in [-0.39, 0.29) is 5.56 Å². The van der Waals surface area contributed by atoms with Crippen LogP contribution >= 0.6 is 0 Å². The Hall–Kier alpha value is -3.30. The topological polar surface area (TPSA) is 83.4 Å². The highest BCUT2D eigenvalue weighted by Gasteiger charge is 2.25. The zero-order chi connectivity index (χ0) is 22.9. The second-order valence-electron chi connectivity index (χ2n) is 8.68. The summed E-state index contributed by atoms with van der Waals surface area (Å²) in [6, 6.07) is 9.63. The quantitative estimate of drug-likeness (QED) is 0.450. The van der Waals surface area contributed by atoms with Crippen molar-refractivity contribution in [3.8, 4) is 17.0 Å². The molecule has 0 radical (unpaired) electrons. The highest BCUT2D eigenvalue weighted by molar-refractivity contribution is 5.92. The number of ether oxygens (including phenoxy) is 1. The SMILES string of the molecule is COc1ccccc1-c1c2c(=O)n(CCCN3CCN(C)CC3)ccc2nc2nc(C)[nH][n+]12. The van der Waals surface area contributed by atoms with Gasteiger partial charge in [-0.25, -0.2) is 5.10 Å². The van der Waals surface area contributed by atoms with Crippen LogP contribution in [0.3, 0.4) is 0 Å². The van der Waals surface area contributed by atoms with Gasteiger partial charge in [-0.05, 0) is 38.2 Å². The molecule has 1 aliphatic heterocycles. The van der Waals surface area contributed by atoms with Gasteiger partial charge in [0.1, 0.15) is 11.1 Å². The van der Waals surface area contributed by atoms with Crippen LogP contribution in [0.15, 0.2) is 41.3 Å². The number of hydrogen-bond donors (Lipinski definition) is 1. The number of nitrogens with one attached hydrogen (secondary N) is 1. The number of H-pyrrole nitrogens is 1. The minimum atomic E-state index is -0.0547. The number of aromatic nitrogens is 5. The molecule has 0 spiro atoms. The molecule has 1 aromatic carbocycles. The number of rotatable bonds is 6. The smallest absolute Gasteiger partial charge is 0.458 e. The number of benzene rings is 1. The Kier molecular flexibility index (Phi) is 5.82. The maximum Gasteiger partial charge on any atom is 0.458 e. The Morgan fingerprint density at radius 2 is 1.88 bits per heavy atom. The second kappa shape index (κ2) is 8.92. The predicted molar refractivity (Wildman–Crippen MR) is 127 cm³/mol. The summed E-state index contributed by atoms with van der Waals surface area (Å²) in [6.07, 6.45) is 2.77. The van der Waals surface area contributed by atoms with Crippen molar-refractivity contribution in [3.63, 3.8) is 0 Å². The molecule has 3 aromatic heterocycles. The molecule has 9 nitrogen and oxygen atoms in total. The first-order valence-corrected chi connectivity index (χ1v) is 11.4. The van der Waals surface area contributed by atoms with Crippen molar-refractivity contribution < 1.29 is 9.25 Å². The monoisotopic (exact) mass is 448 g/mol. The van der Waals surface area contributed by atoms with E-state index in [2.05, 4.69) is 31.9 Å². The summed E-state index contributed by atoms with van der Waals surface area (Å²) in [5.41, 5.74) is 2.11. The van der Waals surface area contributed by atoms with Crippen LogP contribution < -0.4 is 14.8 Å². The molecule has 1 aliphatic rings. The van der Waals surface area contributed by atoms with Gasteiger partial charge in [-0.1, -0.05) is 22.1 Å². The van der Waals surface area contributed by atoms with Crippen LogP contribution in [0.2, 0.25) is 0 Å². The lowest BCUT2D eigenvalue weighted by Crippen LogP contribution is -2.44. The summed E-state index contributed by atoms with van der Waals surface area (Å²) in [5.74, 6) is 1.94. The summed E-state index contributed by atoms with van der Waals surface area (Å²) < 4.78 is 9.21. The minimum Gasteiger partial charge on any atom is -0.496 e. The summed E-state index contributed by atoms with van der Waals surface area (Å²) in [5, 5.41) is 3.79. The number of para-hydroxylation sites is 1. The van der Waals surface area contributed by atoms with Gasteiger partial charge in [-0.3, -0.25) is 4.79 Å². The van der Waals surface area contributed by atoms with Crippen LogP contribution in [-0.2, 0) is 6.54 Å². The molecule has 0 unspecified atom stereocenters. The van der Waals surface area contributed by atoms with E-state index < -0.39 is 0 Å². The van der Waals surface area contributed by atoms with Crippen LogP contribution in [0.25, 0.3) is 27.9 Å². The first kappa shape index (κ1) is 21.5. The van der Waals surface area contributed by atoms with Crippen LogP contribution in [0.5, 0.6) is 5.75 Å². The summed E-state index contributed by atoms with van der Waals surface area (Å²) in [6.45, 7) is 7.89. The molecule has 5 rings (SSSR count). The van der Waals surface area contributed by atoms with E-state index in [1.165, 1.54) is 0 Å². The van der Waals surface area contributed by atoms with Crippen LogP contribution in [0.1, 0.15) is 12.2 Å². The normalized spacial score (nSPS) is 15.5. The Balaban J connectivity index is 1.57. The van der Waals surface area contributed by atoms with Gasteiger partial charge in [0, 0.05) is 45.8 Å². The van der Waals surface area contributed by atoms with Gasteiger partial charge in [0.25, 0.3) is 5.56 Å². The molecule has 172 valence electrons. The number of aromatic amines is 1. The molecular weight excluding hydrogens is 418 g/mol. The van der Waals surface area contributed by atoms with Gasteiger partial charge in [-0.2, -0.15) is 0 Å². The zero-order valence-electron chi connectivity index (χ0n) is 19.4. The molecule has 33 heavy (non-hydrogen) atoms. The van der Waals surface area contributed by atoms with E-state index in [0.717, 1.165) is 50.5 Å². The predicted octanol–water partition coefficient (Wildman–Crippen LogP) is 1.48. The first-order chi connectivity index (χ1) is 16.0. The van der Waals surface area contributed by atoms with E-state index in [0.29, 0.717) is 34.7 Å². The van der Waals surface area contributed by atoms with Gasteiger partial charge >= 0.3 is 5.78 Å². The van der Waals surface area contributed by atoms with E-state index in [4.69, 9.17) is 4.74 Å². The number of methoxy groups -OCH3 is 1. The molecule has 4 heterocycles. The molecule has 1 fully saturated rings. The fourth-order valence-corrected chi connectivity index (χ4v) is 4.58. The third kappa shape index (κ3) is 4.09. The lowest BCUT2D eigenvalue weighted by atomic mass is 10.1. The maximum atomic E-state index is 13.7. The summed E-state index contributed by atoms with van der Waals surface area (Å²) >= 11 is 0. The number of likely N-dealkylation sites (N-methyl/N-ethyl adjacent to an activating group) is 1. The van der Waals surface area contributed by atoms with Gasteiger partial charge in [0.15, 0.2) is 11.2 Å². The Labute approximate surface area is 192 Å². The number of nitrogens with zero attached hydrogens (tertiary/aromatic N) is 6. The highest BCUT2D eigenvalue weighted by atomic mass is 16.5. The zero-order valence-corrected chi connectivity index (χ0v) is 19.4. The van der Waals surface area contributed by atoms with E-state index in [9.17, 15) is 4.79 Å². The number of piperazine rings is 1. The van der Waals surface area contributed by atoms with Crippen LogP contribution in [0, 0.1) is 6.92 Å². The molecule has 0 amide bonds. The fourth-order valence-electron chi connectivity index (χ4n) is 4.58. The molecule has 0 saturated carbocycles. The fraction of sp³-hybridized carbons (Fsp3) is 0.417. The van der Waals surface area contributed by atoms with E-state index >= 15 is 0 Å². The molecule has 0 atom stereocenters. The maximum absolute atomic E-state index is 13.7. The largest absolute Gasteiger partial charge is 0.496 e.